The Labute approximate surface area is 119 Å². The van der Waals surface area contributed by atoms with Crippen LogP contribution in [0.2, 0.25) is 5.02 Å². The molecule has 7 heteroatoms. The molecular weight excluding hydrogens is 293 g/mol. The number of hydrogen-bond acceptors (Lipinski definition) is 1. The van der Waals surface area contributed by atoms with Gasteiger partial charge >= 0.3 is 12.2 Å². The van der Waals surface area contributed by atoms with Gasteiger partial charge < -0.3 is 10.2 Å². The van der Waals surface area contributed by atoms with Crippen molar-refractivity contribution >= 4 is 17.6 Å². The van der Waals surface area contributed by atoms with Gasteiger partial charge in [0.1, 0.15) is 6.54 Å². The van der Waals surface area contributed by atoms with Crippen molar-refractivity contribution in [2.75, 3.05) is 13.6 Å². The van der Waals surface area contributed by atoms with Crippen LogP contribution < -0.4 is 5.32 Å². The van der Waals surface area contributed by atoms with Gasteiger partial charge in [-0.05, 0) is 30.5 Å². The standard InChI is InChI=1S/C13H14ClF3N2O/c1-19(8-13(15,16)17)11(20)18-12(5-6-12)9-3-2-4-10(14)7-9/h2-4,7H,5-6,8H2,1H3,(H,18,20). The summed E-state index contributed by atoms with van der Waals surface area (Å²) in [6, 6.07) is 6.25. The summed E-state index contributed by atoms with van der Waals surface area (Å²) in [6.07, 6.45) is -3.02. The van der Waals surface area contributed by atoms with Crippen LogP contribution in [0.3, 0.4) is 0 Å². The summed E-state index contributed by atoms with van der Waals surface area (Å²) in [7, 11) is 1.12. The monoisotopic (exact) mass is 306 g/mol. The molecule has 0 aliphatic heterocycles. The van der Waals surface area contributed by atoms with Gasteiger partial charge in [-0.25, -0.2) is 4.79 Å². The van der Waals surface area contributed by atoms with Crippen molar-refractivity contribution < 1.29 is 18.0 Å². The maximum Gasteiger partial charge on any atom is 0.406 e. The number of urea groups is 1. The Balaban J connectivity index is 2.04. The molecule has 1 fully saturated rings. The second-order valence-electron chi connectivity index (χ2n) is 4.99. The first-order valence-corrected chi connectivity index (χ1v) is 6.46. The van der Waals surface area contributed by atoms with Crippen molar-refractivity contribution in [1.82, 2.24) is 10.2 Å². The number of hydrogen-bond donors (Lipinski definition) is 1. The lowest BCUT2D eigenvalue weighted by molar-refractivity contribution is -0.137. The molecule has 1 aromatic carbocycles. The highest BCUT2D eigenvalue weighted by Gasteiger charge is 2.46. The number of amides is 2. The lowest BCUT2D eigenvalue weighted by Crippen LogP contribution is -2.46. The van der Waals surface area contributed by atoms with Crippen LogP contribution >= 0.6 is 11.6 Å². The molecule has 2 rings (SSSR count). The van der Waals surface area contributed by atoms with Crippen LogP contribution in [0.4, 0.5) is 18.0 Å². The van der Waals surface area contributed by atoms with E-state index in [1.807, 2.05) is 6.07 Å². The molecule has 0 unspecified atom stereocenters. The number of carbonyl (C=O) groups is 1. The van der Waals surface area contributed by atoms with Crippen LogP contribution in [0.25, 0.3) is 0 Å². The summed E-state index contributed by atoms with van der Waals surface area (Å²) in [6.45, 7) is -1.27. The third-order valence-electron chi connectivity index (χ3n) is 3.24. The van der Waals surface area contributed by atoms with Crippen molar-refractivity contribution in [3.8, 4) is 0 Å². The molecule has 2 amide bonds. The highest BCUT2D eigenvalue weighted by Crippen LogP contribution is 2.46. The first-order valence-electron chi connectivity index (χ1n) is 6.08. The summed E-state index contributed by atoms with van der Waals surface area (Å²) >= 11 is 5.89. The minimum absolute atomic E-state index is 0.534. The molecule has 0 radical (unpaired) electrons. The van der Waals surface area contributed by atoms with Crippen molar-refractivity contribution in [3.05, 3.63) is 34.9 Å². The topological polar surface area (TPSA) is 32.3 Å². The van der Waals surface area contributed by atoms with E-state index in [-0.39, 0.29) is 0 Å². The lowest BCUT2D eigenvalue weighted by atomic mass is 10.1. The van der Waals surface area contributed by atoms with E-state index in [0.29, 0.717) is 22.8 Å². The Hall–Kier alpha value is -1.43. The fraction of sp³-hybridized carbons (Fsp3) is 0.462. The second-order valence-corrected chi connectivity index (χ2v) is 5.43. The number of nitrogens with one attached hydrogen (secondary N) is 1. The molecule has 0 atom stereocenters. The van der Waals surface area contributed by atoms with Gasteiger partial charge in [0, 0.05) is 12.1 Å². The molecule has 110 valence electrons. The molecule has 0 heterocycles. The molecule has 1 N–H and O–H groups in total. The van der Waals surface area contributed by atoms with Gasteiger partial charge in [0.05, 0.1) is 5.54 Å². The van der Waals surface area contributed by atoms with Crippen LogP contribution in [0.5, 0.6) is 0 Å². The van der Waals surface area contributed by atoms with Crippen molar-refractivity contribution in [2.24, 2.45) is 0 Å². The zero-order valence-electron chi connectivity index (χ0n) is 10.8. The van der Waals surface area contributed by atoms with Gasteiger partial charge in [-0.15, -0.1) is 0 Å². The van der Waals surface area contributed by atoms with E-state index < -0.39 is 24.3 Å². The molecule has 0 bridgehead atoms. The number of carbonyl (C=O) groups excluding carboxylic acids is 1. The van der Waals surface area contributed by atoms with Crippen LogP contribution in [0.1, 0.15) is 18.4 Å². The Morgan fingerprint density at radius 1 is 1.45 bits per heavy atom. The third-order valence-corrected chi connectivity index (χ3v) is 3.47. The fourth-order valence-electron chi connectivity index (χ4n) is 2.04. The van der Waals surface area contributed by atoms with Gasteiger partial charge in [0.2, 0.25) is 0 Å². The first-order chi connectivity index (χ1) is 9.22. The molecular formula is C13H14ClF3N2O. The summed E-state index contributed by atoms with van der Waals surface area (Å²) in [5.74, 6) is 0. The number of benzene rings is 1. The van der Waals surface area contributed by atoms with Crippen LogP contribution in [-0.2, 0) is 5.54 Å². The lowest BCUT2D eigenvalue weighted by Gasteiger charge is -2.24. The quantitative estimate of drug-likeness (QED) is 0.910. The molecule has 1 aromatic rings. The van der Waals surface area contributed by atoms with Gasteiger partial charge in [0.15, 0.2) is 0 Å². The number of rotatable bonds is 3. The van der Waals surface area contributed by atoms with E-state index >= 15 is 0 Å². The van der Waals surface area contributed by atoms with Crippen LogP contribution in [0, 0.1) is 0 Å². The first kappa shape index (κ1) is 15.0. The molecule has 1 saturated carbocycles. The highest BCUT2D eigenvalue weighted by molar-refractivity contribution is 6.30. The van der Waals surface area contributed by atoms with Crippen molar-refractivity contribution in [3.63, 3.8) is 0 Å². The van der Waals surface area contributed by atoms with Crippen LogP contribution in [-0.4, -0.2) is 30.7 Å². The second kappa shape index (κ2) is 5.16. The Morgan fingerprint density at radius 3 is 2.60 bits per heavy atom. The number of nitrogens with zero attached hydrogens (tertiary/aromatic N) is 1. The average Bonchev–Trinajstić information content (AvgIpc) is 3.08. The molecule has 0 aromatic heterocycles. The van der Waals surface area contributed by atoms with Gasteiger partial charge in [-0.1, -0.05) is 23.7 Å². The van der Waals surface area contributed by atoms with Crippen LogP contribution in [0.15, 0.2) is 24.3 Å². The average molecular weight is 307 g/mol. The summed E-state index contributed by atoms with van der Waals surface area (Å²) in [5, 5.41) is 3.20. The largest absolute Gasteiger partial charge is 0.406 e. The molecule has 20 heavy (non-hydrogen) atoms. The summed E-state index contributed by atoms with van der Waals surface area (Å²) in [5.41, 5.74) is 0.237. The van der Waals surface area contributed by atoms with E-state index in [9.17, 15) is 18.0 Å². The molecule has 0 saturated heterocycles. The normalized spacial score (nSPS) is 16.6. The van der Waals surface area contributed by atoms with Gasteiger partial charge in [0.25, 0.3) is 0 Å². The smallest absolute Gasteiger partial charge is 0.328 e. The summed E-state index contributed by atoms with van der Waals surface area (Å²) < 4.78 is 36.8. The Kier molecular flexibility index (Phi) is 3.86. The number of alkyl halides is 3. The summed E-state index contributed by atoms with van der Waals surface area (Å²) in [4.78, 5) is 12.4. The predicted octanol–water partition coefficient (Wildman–Crippen LogP) is 3.53. The Morgan fingerprint density at radius 2 is 2.10 bits per heavy atom. The van der Waals surface area contributed by atoms with Crippen molar-refractivity contribution in [2.45, 2.75) is 24.6 Å². The van der Waals surface area contributed by atoms with Gasteiger partial charge in [-0.2, -0.15) is 13.2 Å². The Bertz CT molecular complexity index is 515. The van der Waals surface area contributed by atoms with E-state index in [2.05, 4.69) is 5.32 Å². The molecule has 1 aliphatic carbocycles. The SMILES string of the molecule is CN(CC(F)(F)F)C(=O)NC1(c2cccc(Cl)c2)CC1. The predicted molar refractivity (Wildman–Crippen MR) is 69.6 cm³/mol. The van der Waals surface area contributed by atoms with Crippen molar-refractivity contribution in [1.29, 1.82) is 0 Å². The zero-order valence-corrected chi connectivity index (χ0v) is 11.6. The minimum atomic E-state index is -4.40. The van der Waals surface area contributed by atoms with E-state index in [1.54, 1.807) is 18.2 Å². The van der Waals surface area contributed by atoms with Gasteiger partial charge in [-0.3, -0.25) is 0 Å². The maximum atomic E-state index is 12.3. The molecule has 3 nitrogen and oxygen atoms in total. The third kappa shape index (κ3) is 3.56. The van der Waals surface area contributed by atoms with E-state index in [1.165, 1.54) is 0 Å². The highest BCUT2D eigenvalue weighted by atomic mass is 35.5. The van der Waals surface area contributed by atoms with E-state index in [0.717, 1.165) is 12.6 Å². The zero-order chi connectivity index (χ0) is 15.0. The molecule has 1 aliphatic rings. The molecule has 0 spiro atoms. The van der Waals surface area contributed by atoms with E-state index in [4.69, 9.17) is 11.6 Å². The maximum absolute atomic E-state index is 12.3. The fourth-order valence-corrected chi connectivity index (χ4v) is 2.23. The number of halogens is 4. The minimum Gasteiger partial charge on any atom is -0.328 e.